The van der Waals surface area contributed by atoms with Crippen molar-refractivity contribution >= 4 is 17.5 Å². The third-order valence-corrected chi connectivity index (χ3v) is 3.82. The summed E-state index contributed by atoms with van der Waals surface area (Å²) in [5.74, 6) is 1.55. The van der Waals surface area contributed by atoms with Crippen molar-refractivity contribution in [3.8, 4) is 11.5 Å². The van der Waals surface area contributed by atoms with Gasteiger partial charge in [-0.2, -0.15) is 0 Å². The molecule has 0 bridgehead atoms. The molecule has 1 atom stereocenters. The highest BCUT2D eigenvalue weighted by Crippen LogP contribution is 2.25. The molecule has 0 aliphatic heterocycles. The number of nitrogens with zero attached hydrogens (tertiary/aromatic N) is 1. The fourth-order valence-electron chi connectivity index (χ4n) is 2.45. The van der Waals surface area contributed by atoms with E-state index in [4.69, 9.17) is 18.9 Å². The smallest absolute Gasteiger partial charge is 0.257 e. The number of carbonyl (C=O) groups is 1. The molecule has 154 valence electrons. The topological polar surface area (TPSA) is 78.9 Å². The lowest BCUT2D eigenvalue weighted by Crippen LogP contribution is -2.19. The molecule has 1 N–H and O–H groups in total. The van der Waals surface area contributed by atoms with Crippen LogP contribution in [0.1, 0.15) is 22.8 Å². The summed E-state index contributed by atoms with van der Waals surface area (Å²) in [7, 11) is 3.13. The third-order valence-electron chi connectivity index (χ3n) is 3.82. The molecule has 7 nitrogen and oxygen atoms in total. The van der Waals surface area contributed by atoms with Crippen molar-refractivity contribution in [2.24, 2.45) is 0 Å². The average Bonchev–Trinajstić information content (AvgIpc) is 2.72. The minimum absolute atomic E-state index is 0.186. The summed E-state index contributed by atoms with van der Waals surface area (Å²) < 4.78 is 21.6. The molecule has 1 unspecified atom stereocenters. The van der Waals surface area contributed by atoms with Gasteiger partial charge in [-0.3, -0.25) is 4.79 Å². The van der Waals surface area contributed by atoms with Gasteiger partial charge in [0.15, 0.2) is 0 Å². The second kappa shape index (κ2) is 10.9. The van der Waals surface area contributed by atoms with E-state index in [9.17, 15) is 4.79 Å². The summed E-state index contributed by atoms with van der Waals surface area (Å²) in [5.41, 5.74) is 1.10. The number of rotatable bonds is 11. The first kappa shape index (κ1) is 22.0. The van der Waals surface area contributed by atoms with Gasteiger partial charge in [-0.25, -0.2) is 4.98 Å². The maximum Gasteiger partial charge on any atom is 0.257 e. The van der Waals surface area contributed by atoms with Crippen LogP contribution < -0.4 is 14.8 Å². The highest BCUT2D eigenvalue weighted by atomic mass is 16.5. The Morgan fingerprint density at radius 2 is 1.97 bits per heavy atom. The van der Waals surface area contributed by atoms with Gasteiger partial charge in [-0.1, -0.05) is 19.2 Å². The first-order valence-electron chi connectivity index (χ1n) is 9.01. The standard InChI is InChI=1S/C22H26N2O5/c1-6-9-28-19-10-18(11-20(12-19)29-15(2)14-26-4)22(25)24-21-8-7-17(13-23-21)16(3)27-5/h6-8,10-13,15H,1,3,9,14H2,2,4-5H3,(H,23,24,25). The summed E-state index contributed by atoms with van der Waals surface area (Å²) >= 11 is 0. The monoisotopic (exact) mass is 398 g/mol. The second-order valence-corrected chi connectivity index (χ2v) is 6.19. The summed E-state index contributed by atoms with van der Waals surface area (Å²) in [6.07, 6.45) is 3.01. The fourth-order valence-corrected chi connectivity index (χ4v) is 2.45. The van der Waals surface area contributed by atoms with Gasteiger partial charge in [-0.15, -0.1) is 0 Å². The molecule has 2 aromatic rings. The number of methoxy groups -OCH3 is 2. The molecular formula is C22H26N2O5. The molecule has 1 amide bonds. The zero-order chi connectivity index (χ0) is 21.2. The van der Waals surface area contributed by atoms with E-state index in [-0.39, 0.29) is 12.0 Å². The van der Waals surface area contributed by atoms with Crippen LogP contribution in [0.5, 0.6) is 11.5 Å². The molecule has 7 heteroatoms. The molecule has 0 aliphatic carbocycles. The lowest BCUT2D eigenvalue weighted by Gasteiger charge is -2.16. The Morgan fingerprint density at radius 3 is 2.59 bits per heavy atom. The van der Waals surface area contributed by atoms with Crippen LogP contribution in [0.2, 0.25) is 0 Å². The van der Waals surface area contributed by atoms with Crippen LogP contribution in [-0.2, 0) is 9.47 Å². The molecular weight excluding hydrogens is 372 g/mol. The molecule has 0 radical (unpaired) electrons. The van der Waals surface area contributed by atoms with Gasteiger partial charge in [0.25, 0.3) is 5.91 Å². The Hall–Kier alpha value is -3.32. The summed E-state index contributed by atoms with van der Waals surface area (Å²) in [5, 5.41) is 2.75. The van der Waals surface area contributed by atoms with Crippen LogP contribution in [0.15, 0.2) is 55.8 Å². The number of pyridine rings is 1. The van der Waals surface area contributed by atoms with E-state index in [1.54, 1.807) is 49.7 Å². The summed E-state index contributed by atoms with van der Waals surface area (Å²) in [6.45, 7) is 10.0. The van der Waals surface area contributed by atoms with Gasteiger partial charge >= 0.3 is 0 Å². The Kier molecular flexibility index (Phi) is 8.24. The van der Waals surface area contributed by atoms with E-state index >= 15 is 0 Å². The highest BCUT2D eigenvalue weighted by Gasteiger charge is 2.13. The number of benzene rings is 1. The molecule has 0 saturated carbocycles. The number of ether oxygens (including phenoxy) is 4. The van der Waals surface area contributed by atoms with Gasteiger partial charge in [-0.05, 0) is 31.2 Å². The largest absolute Gasteiger partial charge is 0.497 e. The predicted molar refractivity (Wildman–Crippen MR) is 112 cm³/mol. The zero-order valence-corrected chi connectivity index (χ0v) is 16.9. The van der Waals surface area contributed by atoms with E-state index in [0.717, 1.165) is 5.56 Å². The Balaban J connectivity index is 2.20. The molecule has 0 saturated heterocycles. The first-order valence-corrected chi connectivity index (χ1v) is 9.01. The minimum atomic E-state index is -0.343. The average molecular weight is 398 g/mol. The molecule has 0 aliphatic rings. The Bertz CT molecular complexity index is 849. The predicted octanol–water partition coefficient (Wildman–Crippen LogP) is 3.93. The van der Waals surface area contributed by atoms with Crippen molar-refractivity contribution < 1.29 is 23.7 Å². The summed E-state index contributed by atoms with van der Waals surface area (Å²) in [4.78, 5) is 16.9. The van der Waals surface area contributed by atoms with E-state index < -0.39 is 0 Å². The quantitative estimate of drug-likeness (QED) is 0.456. The molecule has 0 spiro atoms. The summed E-state index contributed by atoms with van der Waals surface area (Å²) in [6, 6.07) is 8.43. The van der Waals surface area contributed by atoms with E-state index in [2.05, 4.69) is 23.5 Å². The number of amides is 1. The molecule has 1 heterocycles. The SMILES string of the molecule is C=CCOc1cc(OC(C)COC)cc(C(=O)Nc2ccc(C(=C)OC)cn2)c1. The second-order valence-electron chi connectivity index (χ2n) is 6.19. The zero-order valence-electron chi connectivity index (χ0n) is 16.9. The van der Waals surface area contributed by atoms with Crippen molar-refractivity contribution in [3.63, 3.8) is 0 Å². The number of carbonyl (C=O) groups excluding carboxylic acids is 1. The molecule has 2 rings (SSSR count). The first-order chi connectivity index (χ1) is 14.0. The number of aromatic nitrogens is 1. The van der Waals surface area contributed by atoms with Gasteiger partial charge in [0.1, 0.15) is 35.8 Å². The van der Waals surface area contributed by atoms with Gasteiger partial charge in [0, 0.05) is 30.5 Å². The van der Waals surface area contributed by atoms with E-state index in [0.29, 0.717) is 41.9 Å². The van der Waals surface area contributed by atoms with Gasteiger partial charge < -0.3 is 24.3 Å². The molecule has 29 heavy (non-hydrogen) atoms. The van der Waals surface area contributed by atoms with Crippen LogP contribution in [0.3, 0.4) is 0 Å². The Labute approximate surface area is 171 Å². The van der Waals surface area contributed by atoms with Crippen molar-refractivity contribution in [2.45, 2.75) is 13.0 Å². The maximum atomic E-state index is 12.7. The number of hydrogen-bond acceptors (Lipinski definition) is 6. The highest BCUT2D eigenvalue weighted by molar-refractivity contribution is 6.04. The van der Waals surface area contributed by atoms with Crippen LogP contribution in [0.25, 0.3) is 5.76 Å². The Morgan fingerprint density at radius 1 is 1.21 bits per heavy atom. The van der Waals surface area contributed by atoms with Crippen molar-refractivity contribution in [2.75, 3.05) is 32.8 Å². The molecule has 1 aromatic carbocycles. The van der Waals surface area contributed by atoms with Gasteiger partial charge in [0.05, 0.1) is 13.7 Å². The number of nitrogens with one attached hydrogen (secondary N) is 1. The van der Waals surface area contributed by atoms with Crippen LogP contribution in [0.4, 0.5) is 5.82 Å². The normalized spacial score (nSPS) is 11.3. The minimum Gasteiger partial charge on any atom is -0.497 e. The van der Waals surface area contributed by atoms with Crippen LogP contribution >= 0.6 is 0 Å². The van der Waals surface area contributed by atoms with Crippen LogP contribution in [-0.4, -0.2) is 44.4 Å². The van der Waals surface area contributed by atoms with Gasteiger partial charge in [0.2, 0.25) is 0 Å². The van der Waals surface area contributed by atoms with Crippen molar-refractivity contribution in [1.82, 2.24) is 4.98 Å². The molecule has 0 fully saturated rings. The van der Waals surface area contributed by atoms with E-state index in [1.165, 1.54) is 7.11 Å². The third kappa shape index (κ3) is 6.65. The lowest BCUT2D eigenvalue weighted by atomic mass is 10.2. The molecule has 1 aromatic heterocycles. The lowest BCUT2D eigenvalue weighted by molar-refractivity contribution is 0.0915. The van der Waals surface area contributed by atoms with Crippen molar-refractivity contribution in [1.29, 1.82) is 0 Å². The van der Waals surface area contributed by atoms with E-state index in [1.807, 2.05) is 6.92 Å². The number of anilines is 1. The maximum absolute atomic E-state index is 12.7. The number of hydrogen-bond donors (Lipinski definition) is 1. The van der Waals surface area contributed by atoms with Crippen molar-refractivity contribution in [3.05, 3.63) is 66.9 Å². The fraction of sp³-hybridized carbons (Fsp3) is 0.273. The van der Waals surface area contributed by atoms with Crippen LogP contribution in [0, 0.1) is 0 Å².